The number of hydrogen-bond acceptors (Lipinski definition) is 3. The van der Waals surface area contributed by atoms with Crippen molar-refractivity contribution in [1.82, 2.24) is 10.2 Å². The molecule has 2 aromatic carbocycles. The van der Waals surface area contributed by atoms with Crippen molar-refractivity contribution in [3.63, 3.8) is 0 Å². The molecule has 0 radical (unpaired) electrons. The van der Waals surface area contributed by atoms with Gasteiger partial charge in [0.1, 0.15) is 6.04 Å². The largest absolute Gasteiger partial charge is 0.324 e. The zero-order valence-electron chi connectivity index (χ0n) is 13.5. The Morgan fingerprint density at radius 3 is 2.39 bits per heavy atom. The lowest BCUT2D eigenvalue weighted by Crippen LogP contribution is -2.48. The number of nitrogens with zero attached hydrogens (tertiary/aromatic N) is 1. The van der Waals surface area contributed by atoms with Crippen LogP contribution in [0.25, 0.3) is 0 Å². The van der Waals surface area contributed by atoms with Crippen molar-refractivity contribution in [1.29, 1.82) is 0 Å². The van der Waals surface area contributed by atoms with Crippen LogP contribution in [0.3, 0.4) is 0 Å². The lowest BCUT2D eigenvalue weighted by molar-refractivity contribution is -0.121. The third-order valence-corrected chi connectivity index (χ3v) is 4.28. The summed E-state index contributed by atoms with van der Waals surface area (Å²) in [5, 5.41) is 6.45. The summed E-state index contributed by atoms with van der Waals surface area (Å²) >= 11 is 0. The van der Waals surface area contributed by atoms with Gasteiger partial charge in [-0.25, -0.2) is 0 Å². The van der Waals surface area contributed by atoms with Gasteiger partial charge < -0.3 is 10.6 Å². The van der Waals surface area contributed by atoms with Crippen molar-refractivity contribution in [2.75, 3.05) is 31.5 Å². The maximum atomic E-state index is 13.0. The molecule has 1 heterocycles. The minimum absolute atomic E-state index is 0.0346. The van der Waals surface area contributed by atoms with Gasteiger partial charge in [0.25, 0.3) is 0 Å². The molecule has 0 spiro atoms. The minimum Gasteiger partial charge on any atom is -0.324 e. The molecule has 1 amide bonds. The first-order chi connectivity index (χ1) is 11.3. The molecule has 1 atom stereocenters. The van der Waals surface area contributed by atoms with Crippen LogP contribution in [0, 0.1) is 6.92 Å². The number of hydrogen-bond donors (Lipinski definition) is 2. The number of para-hydroxylation sites is 1. The van der Waals surface area contributed by atoms with Crippen molar-refractivity contribution in [3.05, 3.63) is 65.7 Å². The second-order valence-electron chi connectivity index (χ2n) is 5.90. The van der Waals surface area contributed by atoms with E-state index < -0.39 is 0 Å². The summed E-state index contributed by atoms with van der Waals surface area (Å²) in [6.07, 6.45) is 0. The van der Waals surface area contributed by atoms with Gasteiger partial charge in [0.15, 0.2) is 0 Å². The van der Waals surface area contributed by atoms with Gasteiger partial charge in [0, 0.05) is 31.9 Å². The van der Waals surface area contributed by atoms with E-state index in [4.69, 9.17) is 0 Å². The molecule has 120 valence electrons. The SMILES string of the molecule is Cc1ccccc1NC(=O)C(c1ccccc1)N1CCNCC1. The number of benzene rings is 2. The van der Waals surface area contributed by atoms with E-state index in [-0.39, 0.29) is 11.9 Å². The Hall–Kier alpha value is -2.17. The summed E-state index contributed by atoms with van der Waals surface area (Å²) in [5.41, 5.74) is 3.00. The van der Waals surface area contributed by atoms with Gasteiger partial charge in [0.2, 0.25) is 5.91 Å². The number of nitrogens with one attached hydrogen (secondary N) is 2. The molecule has 0 aromatic heterocycles. The van der Waals surface area contributed by atoms with E-state index in [9.17, 15) is 4.79 Å². The quantitative estimate of drug-likeness (QED) is 0.912. The molecule has 2 aromatic rings. The topological polar surface area (TPSA) is 44.4 Å². The van der Waals surface area contributed by atoms with Gasteiger partial charge in [-0.2, -0.15) is 0 Å². The zero-order valence-corrected chi connectivity index (χ0v) is 13.5. The summed E-state index contributed by atoms with van der Waals surface area (Å²) in [4.78, 5) is 15.2. The predicted octanol–water partition coefficient (Wildman–Crippen LogP) is 2.58. The van der Waals surface area contributed by atoms with Crippen LogP contribution in [0.2, 0.25) is 0 Å². The molecule has 1 aliphatic heterocycles. The Morgan fingerprint density at radius 1 is 1.04 bits per heavy atom. The Morgan fingerprint density at radius 2 is 1.70 bits per heavy atom. The van der Waals surface area contributed by atoms with E-state index in [1.165, 1.54) is 0 Å². The zero-order chi connectivity index (χ0) is 16.1. The molecule has 3 rings (SSSR count). The Kier molecular flexibility index (Phi) is 5.05. The van der Waals surface area contributed by atoms with Crippen LogP contribution in [0.4, 0.5) is 5.69 Å². The molecule has 4 heteroatoms. The van der Waals surface area contributed by atoms with Gasteiger partial charge >= 0.3 is 0 Å². The fraction of sp³-hybridized carbons (Fsp3) is 0.316. The maximum Gasteiger partial charge on any atom is 0.246 e. The van der Waals surface area contributed by atoms with E-state index in [0.29, 0.717) is 0 Å². The summed E-state index contributed by atoms with van der Waals surface area (Å²) in [7, 11) is 0. The molecule has 1 unspecified atom stereocenters. The van der Waals surface area contributed by atoms with Crippen molar-refractivity contribution in [2.24, 2.45) is 0 Å². The van der Waals surface area contributed by atoms with E-state index in [2.05, 4.69) is 15.5 Å². The standard InChI is InChI=1S/C19H23N3O/c1-15-7-5-6-10-17(15)21-19(23)18(16-8-3-2-4-9-16)22-13-11-20-12-14-22/h2-10,18,20H,11-14H2,1H3,(H,21,23). The van der Waals surface area contributed by atoms with Gasteiger partial charge in [-0.15, -0.1) is 0 Å². The van der Waals surface area contributed by atoms with E-state index in [1.807, 2.05) is 61.5 Å². The Bertz CT molecular complexity index is 651. The monoisotopic (exact) mass is 309 g/mol. The molecular formula is C19H23N3O. The van der Waals surface area contributed by atoms with Crippen LogP contribution in [0.1, 0.15) is 17.2 Å². The summed E-state index contributed by atoms with van der Waals surface area (Å²) in [6, 6.07) is 17.7. The minimum atomic E-state index is -0.252. The highest BCUT2D eigenvalue weighted by Gasteiger charge is 2.28. The first-order valence-electron chi connectivity index (χ1n) is 8.12. The van der Waals surface area contributed by atoms with Crippen LogP contribution >= 0.6 is 0 Å². The summed E-state index contributed by atoms with van der Waals surface area (Å²) in [5.74, 6) is 0.0346. The molecule has 1 aliphatic rings. The fourth-order valence-corrected chi connectivity index (χ4v) is 3.02. The molecule has 1 fully saturated rings. The highest BCUT2D eigenvalue weighted by atomic mass is 16.2. The van der Waals surface area contributed by atoms with Crippen LogP contribution in [0.5, 0.6) is 0 Å². The van der Waals surface area contributed by atoms with E-state index >= 15 is 0 Å². The van der Waals surface area contributed by atoms with E-state index in [0.717, 1.165) is 43.0 Å². The average Bonchev–Trinajstić information content (AvgIpc) is 2.59. The van der Waals surface area contributed by atoms with Gasteiger partial charge in [0.05, 0.1) is 0 Å². The smallest absolute Gasteiger partial charge is 0.246 e. The number of anilines is 1. The second-order valence-corrected chi connectivity index (χ2v) is 5.90. The third-order valence-electron chi connectivity index (χ3n) is 4.28. The molecule has 0 saturated carbocycles. The van der Waals surface area contributed by atoms with Crippen LogP contribution in [-0.2, 0) is 4.79 Å². The first kappa shape index (κ1) is 15.7. The van der Waals surface area contributed by atoms with Gasteiger partial charge in [-0.1, -0.05) is 48.5 Å². The van der Waals surface area contributed by atoms with Crippen LogP contribution in [-0.4, -0.2) is 37.0 Å². The van der Waals surface area contributed by atoms with E-state index in [1.54, 1.807) is 0 Å². The highest BCUT2D eigenvalue weighted by molar-refractivity contribution is 5.96. The number of aryl methyl sites for hydroxylation is 1. The number of amides is 1. The molecule has 0 aliphatic carbocycles. The van der Waals surface area contributed by atoms with Crippen molar-refractivity contribution in [3.8, 4) is 0 Å². The van der Waals surface area contributed by atoms with Crippen LogP contribution in [0.15, 0.2) is 54.6 Å². The van der Waals surface area contributed by atoms with Crippen molar-refractivity contribution < 1.29 is 4.79 Å². The average molecular weight is 309 g/mol. The summed E-state index contributed by atoms with van der Waals surface area (Å²) < 4.78 is 0. The molecule has 2 N–H and O–H groups in total. The normalized spacial score (nSPS) is 16.7. The number of piperazine rings is 1. The van der Waals surface area contributed by atoms with Crippen molar-refractivity contribution in [2.45, 2.75) is 13.0 Å². The number of carbonyl (C=O) groups excluding carboxylic acids is 1. The molecule has 1 saturated heterocycles. The van der Waals surface area contributed by atoms with Gasteiger partial charge in [-0.3, -0.25) is 9.69 Å². The van der Waals surface area contributed by atoms with Crippen molar-refractivity contribution >= 4 is 11.6 Å². The predicted molar refractivity (Wildman–Crippen MR) is 93.4 cm³/mol. The Balaban J connectivity index is 1.85. The number of rotatable bonds is 4. The molecule has 23 heavy (non-hydrogen) atoms. The molecular weight excluding hydrogens is 286 g/mol. The highest BCUT2D eigenvalue weighted by Crippen LogP contribution is 2.24. The first-order valence-corrected chi connectivity index (χ1v) is 8.12. The lowest BCUT2D eigenvalue weighted by atomic mass is 10.0. The third kappa shape index (κ3) is 3.78. The fourth-order valence-electron chi connectivity index (χ4n) is 3.02. The lowest BCUT2D eigenvalue weighted by Gasteiger charge is -2.34. The molecule has 0 bridgehead atoms. The molecule has 4 nitrogen and oxygen atoms in total. The summed E-state index contributed by atoms with van der Waals surface area (Å²) in [6.45, 7) is 5.60. The Labute approximate surface area is 137 Å². The van der Waals surface area contributed by atoms with Crippen LogP contribution < -0.4 is 10.6 Å². The second kappa shape index (κ2) is 7.40. The van der Waals surface area contributed by atoms with Gasteiger partial charge in [-0.05, 0) is 24.1 Å². The number of carbonyl (C=O) groups is 1. The maximum absolute atomic E-state index is 13.0.